The molecule has 5 nitrogen and oxygen atoms in total. The summed E-state index contributed by atoms with van der Waals surface area (Å²) in [7, 11) is 0. The molecule has 0 aliphatic rings. The summed E-state index contributed by atoms with van der Waals surface area (Å²) in [6.45, 7) is 3.18. The molecular weight excluding hydrogens is 303 g/mol. The summed E-state index contributed by atoms with van der Waals surface area (Å²) >= 11 is 11.8. The molecule has 0 heterocycles. The summed E-state index contributed by atoms with van der Waals surface area (Å²) in [5.74, 6) is 0.0287. The number of aliphatic hydroxyl groups excluding tert-OH is 1. The van der Waals surface area contributed by atoms with E-state index < -0.39 is 11.6 Å². The summed E-state index contributed by atoms with van der Waals surface area (Å²) in [6.07, 6.45) is -0.878. The van der Waals surface area contributed by atoms with Crippen LogP contribution in [0.2, 0.25) is 10.0 Å². The Hall–Kier alpha value is -1.01. The zero-order chi connectivity index (χ0) is 15.3. The lowest BCUT2D eigenvalue weighted by atomic mass is 10.1. The van der Waals surface area contributed by atoms with Crippen molar-refractivity contribution in [2.45, 2.75) is 25.5 Å². The lowest BCUT2D eigenvalue weighted by molar-refractivity contribution is -0.125. The van der Waals surface area contributed by atoms with Crippen molar-refractivity contribution in [1.29, 1.82) is 0 Å². The van der Waals surface area contributed by atoms with Crippen molar-refractivity contribution in [2.75, 3.05) is 13.2 Å². The molecule has 1 atom stereocenters. The van der Waals surface area contributed by atoms with Crippen LogP contribution in [0.3, 0.4) is 0 Å². The van der Waals surface area contributed by atoms with E-state index in [0.717, 1.165) is 0 Å². The van der Waals surface area contributed by atoms with Gasteiger partial charge in [-0.1, -0.05) is 29.3 Å². The second kappa shape index (κ2) is 7.13. The number of amides is 1. The Labute approximate surface area is 128 Å². The van der Waals surface area contributed by atoms with Gasteiger partial charge in [0.05, 0.1) is 10.6 Å². The first-order chi connectivity index (χ1) is 9.21. The molecule has 0 radical (unpaired) electrons. The van der Waals surface area contributed by atoms with Crippen molar-refractivity contribution in [1.82, 2.24) is 5.32 Å². The van der Waals surface area contributed by atoms with Crippen LogP contribution in [0.15, 0.2) is 18.2 Å². The fourth-order valence-corrected chi connectivity index (χ4v) is 1.63. The van der Waals surface area contributed by atoms with Crippen LogP contribution in [-0.4, -0.2) is 35.8 Å². The Bertz CT molecular complexity index is 475. The molecule has 0 bridgehead atoms. The Balaban J connectivity index is 2.42. The predicted octanol–water partition coefficient (Wildman–Crippen LogP) is 1.59. The Morgan fingerprint density at radius 3 is 2.75 bits per heavy atom. The highest BCUT2D eigenvalue weighted by molar-refractivity contribution is 6.42. The van der Waals surface area contributed by atoms with Gasteiger partial charge < -0.3 is 20.9 Å². The summed E-state index contributed by atoms with van der Waals surface area (Å²) in [6, 6.07) is 4.97. The monoisotopic (exact) mass is 320 g/mol. The van der Waals surface area contributed by atoms with Crippen molar-refractivity contribution in [2.24, 2.45) is 5.73 Å². The van der Waals surface area contributed by atoms with E-state index in [1.165, 1.54) is 0 Å². The minimum atomic E-state index is -0.989. The predicted molar refractivity (Wildman–Crippen MR) is 79.2 cm³/mol. The molecule has 0 spiro atoms. The van der Waals surface area contributed by atoms with E-state index in [1.54, 1.807) is 32.0 Å². The maximum Gasteiger partial charge on any atom is 0.239 e. The molecule has 7 heteroatoms. The van der Waals surface area contributed by atoms with Gasteiger partial charge in [0.2, 0.25) is 5.91 Å². The van der Waals surface area contributed by atoms with Crippen molar-refractivity contribution < 1.29 is 14.6 Å². The minimum absolute atomic E-state index is 0.0225. The maximum absolute atomic E-state index is 11.5. The molecule has 0 aliphatic heterocycles. The van der Waals surface area contributed by atoms with Gasteiger partial charge in [-0.25, -0.2) is 0 Å². The molecule has 0 aromatic heterocycles. The highest BCUT2D eigenvalue weighted by atomic mass is 35.5. The average molecular weight is 321 g/mol. The number of carbonyl (C=O) groups is 1. The van der Waals surface area contributed by atoms with E-state index in [0.29, 0.717) is 10.8 Å². The molecule has 4 N–H and O–H groups in total. The topological polar surface area (TPSA) is 84.6 Å². The van der Waals surface area contributed by atoms with Crippen LogP contribution in [0.5, 0.6) is 5.75 Å². The fraction of sp³-hybridized carbons (Fsp3) is 0.462. The van der Waals surface area contributed by atoms with Crippen LogP contribution in [0.25, 0.3) is 0 Å². The van der Waals surface area contributed by atoms with E-state index in [9.17, 15) is 9.90 Å². The third-order valence-corrected chi connectivity index (χ3v) is 3.23. The summed E-state index contributed by atoms with van der Waals surface area (Å²) in [4.78, 5) is 11.5. The molecule has 1 rings (SSSR count). The lowest BCUT2D eigenvalue weighted by Gasteiger charge is -2.20. The van der Waals surface area contributed by atoms with Crippen LogP contribution in [-0.2, 0) is 4.79 Å². The van der Waals surface area contributed by atoms with Crippen molar-refractivity contribution in [3.8, 4) is 5.75 Å². The van der Waals surface area contributed by atoms with E-state index in [2.05, 4.69) is 5.32 Å². The number of carbonyl (C=O) groups excluding carboxylic acids is 1. The number of halogens is 2. The molecule has 1 aromatic carbocycles. The second-order valence-electron chi connectivity index (χ2n) is 4.95. The van der Waals surface area contributed by atoms with Gasteiger partial charge in [0.25, 0.3) is 0 Å². The van der Waals surface area contributed by atoms with Crippen LogP contribution >= 0.6 is 23.2 Å². The largest absolute Gasteiger partial charge is 0.489 e. The van der Waals surface area contributed by atoms with E-state index >= 15 is 0 Å². The number of rotatable bonds is 6. The second-order valence-corrected chi connectivity index (χ2v) is 5.73. The highest BCUT2D eigenvalue weighted by Crippen LogP contribution is 2.31. The third kappa shape index (κ3) is 5.17. The normalized spacial score (nSPS) is 12.9. The highest BCUT2D eigenvalue weighted by Gasteiger charge is 2.22. The maximum atomic E-state index is 11.5. The van der Waals surface area contributed by atoms with Gasteiger partial charge in [0.15, 0.2) is 0 Å². The van der Waals surface area contributed by atoms with Crippen LogP contribution in [0.4, 0.5) is 0 Å². The number of aliphatic hydroxyl groups is 1. The molecule has 0 saturated heterocycles. The fourth-order valence-electron chi connectivity index (χ4n) is 1.28. The molecule has 0 aliphatic carbocycles. The van der Waals surface area contributed by atoms with E-state index in [1.807, 2.05) is 0 Å². The molecule has 1 aromatic rings. The van der Waals surface area contributed by atoms with Gasteiger partial charge in [-0.2, -0.15) is 0 Å². The van der Waals surface area contributed by atoms with Crippen LogP contribution < -0.4 is 15.8 Å². The standard InChI is InChI=1S/C13H18Cl2N2O3/c1-13(2,16)12(19)17-6-8(18)7-20-10-5-3-4-9(14)11(10)15/h3-5,8,18H,6-7,16H2,1-2H3,(H,17,19). The first-order valence-corrected chi connectivity index (χ1v) is 6.79. The van der Waals surface area contributed by atoms with Crippen LogP contribution in [0.1, 0.15) is 13.8 Å². The van der Waals surface area contributed by atoms with Crippen molar-refractivity contribution in [3.05, 3.63) is 28.2 Å². The number of hydrogen-bond donors (Lipinski definition) is 3. The van der Waals surface area contributed by atoms with Gasteiger partial charge in [0.1, 0.15) is 23.5 Å². The van der Waals surface area contributed by atoms with Crippen molar-refractivity contribution >= 4 is 29.1 Å². The zero-order valence-corrected chi connectivity index (χ0v) is 12.8. The van der Waals surface area contributed by atoms with Gasteiger partial charge in [-0.3, -0.25) is 4.79 Å². The number of nitrogens with two attached hydrogens (primary N) is 1. The molecular formula is C13H18Cl2N2O3. The first kappa shape index (κ1) is 17.0. The number of nitrogens with one attached hydrogen (secondary N) is 1. The molecule has 0 fully saturated rings. The SMILES string of the molecule is CC(C)(N)C(=O)NCC(O)COc1cccc(Cl)c1Cl. The zero-order valence-electron chi connectivity index (χ0n) is 11.3. The number of hydrogen-bond acceptors (Lipinski definition) is 4. The number of ether oxygens (including phenoxy) is 1. The average Bonchev–Trinajstić information content (AvgIpc) is 2.36. The Morgan fingerprint density at radius 1 is 1.50 bits per heavy atom. The quantitative estimate of drug-likeness (QED) is 0.743. The van der Waals surface area contributed by atoms with Gasteiger partial charge in [0, 0.05) is 6.54 Å². The van der Waals surface area contributed by atoms with Crippen molar-refractivity contribution in [3.63, 3.8) is 0 Å². The first-order valence-electron chi connectivity index (χ1n) is 6.04. The molecule has 1 amide bonds. The Morgan fingerprint density at radius 2 is 2.15 bits per heavy atom. The third-order valence-electron chi connectivity index (χ3n) is 2.43. The molecule has 0 saturated carbocycles. The van der Waals surface area contributed by atoms with E-state index in [4.69, 9.17) is 33.7 Å². The summed E-state index contributed by atoms with van der Waals surface area (Å²) in [5, 5.41) is 12.9. The number of benzene rings is 1. The smallest absolute Gasteiger partial charge is 0.239 e. The van der Waals surface area contributed by atoms with E-state index in [-0.39, 0.29) is 24.1 Å². The van der Waals surface area contributed by atoms with Gasteiger partial charge >= 0.3 is 0 Å². The molecule has 20 heavy (non-hydrogen) atoms. The van der Waals surface area contributed by atoms with Gasteiger partial charge in [-0.15, -0.1) is 0 Å². The molecule has 1 unspecified atom stereocenters. The minimum Gasteiger partial charge on any atom is -0.489 e. The van der Waals surface area contributed by atoms with Crippen LogP contribution in [0, 0.1) is 0 Å². The summed E-state index contributed by atoms with van der Waals surface area (Å²) < 4.78 is 5.35. The molecule has 112 valence electrons. The summed E-state index contributed by atoms with van der Waals surface area (Å²) in [5.41, 5.74) is 4.62. The lowest BCUT2D eigenvalue weighted by Crippen LogP contribution is -2.51. The Kier molecular flexibility index (Phi) is 6.07. The van der Waals surface area contributed by atoms with Gasteiger partial charge in [-0.05, 0) is 26.0 Å².